The lowest BCUT2D eigenvalue weighted by atomic mass is 10.3. The molecule has 2 heterocycles. The lowest BCUT2D eigenvalue weighted by Gasteiger charge is -2.04. The number of nitrogens with zero attached hydrogens (tertiary/aromatic N) is 3. The first-order valence-corrected chi connectivity index (χ1v) is 5.65. The number of thiazole rings is 1. The second kappa shape index (κ2) is 4.12. The molecular formula is C10H14N4S. The number of aryl methyl sites for hydroxylation is 1. The van der Waals surface area contributed by atoms with Crippen molar-refractivity contribution in [2.75, 3.05) is 7.05 Å². The van der Waals surface area contributed by atoms with Crippen LogP contribution >= 0.6 is 11.3 Å². The molecule has 0 bridgehead atoms. The predicted molar refractivity (Wildman–Crippen MR) is 61.8 cm³/mol. The predicted octanol–water partition coefficient (Wildman–Crippen LogP) is 1.82. The molecular weight excluding hydrogens is 208 g/mol. The summed E-state index contributed by atoms with van der Waals surface area (Å²) in [5.41, 5.74) is 1.06. The zero-order chi connectivity index (χ0) is 10.8. The first-order valence-electron chi connectivity index (χ1n) is 4.83. The molecule has 0 aliphatic rings. The molecule has 4 nitrogen and oxygen atoms in total. The molecule has 2 rings (SSSR count). The first kappa shape index (κ1) is 10.3. The monoisotopic (exact) mass is 222 g/mol. The highest BCUT2D eigenvalue weighted by Gasteiger charge is 2.11. The summed E-state index contributed by atoms with van der Waals surface area (Å²) < 4.78 is 1.84. The SMILES string of the molecule is CNC(C)c1cnc(-c2ccnn2C)s1. The fourth-order valence-corrected chi connectivity index (χ4v) is 2.36. The van der Waals surface area contributed by atoms with E-state index >= 15 is 0 Å². The molecule has 5 heteroatoms. The maximum atomic E-state index is 4.41. The van der Waals surface area contributed by atoms with Crippen LogP contribution in [-0.2, 0) is 7.05 Å². The molecule has 80 valence electrons. The minimum Gasteiger partial charge on any atom is -0.312 e. The largest absolute Gasteiger partial charge is 0.312 e. The molecule has 2 aromatic rings. The zero-order valence-corrected chi connectivity index (χ0v) is 9.88. The number of hydrogen-bond acceptors (Lipinski definition) is 4. The van der Waals surface area contributed by atoms with Crippen LogP contribution in [-0.4, -0.2) is 21.8 Å². The Hall–Kier alpha value is -1.20. The van der Waals surface area contributed by atoms with E-state index in [-0.39, 0.29) is 0 Å². The van der Waals surface area contributed by atoms with Crippen molar-refractivity contribution in [3.8, 4) is 10.7 Å². The molecule has 2 aromatic heterocycles. The van der Waals surface area contributed by atoms with Crippen LogP contribution in [0.1, 0.15) is 17.8 Å². The first-order chi connectivity index (χ1) is 7.22. The van der Waals surface area contributed by atoms with Crippen molar-refractivity contribution in [2.24, 2.45) is 7.05 Å². The van der Waals surface area contributed by atoms with Gasteiger partial charge in [0.1, 0.15) is 5.01 Å². The average molecular weight is 222 g/mol. The van der Waals surface area contributed by atoms with Gasteiger partial charge in [0.15, 0.2) is 0 Å². The Kier molecular flexibility index (Phi) is 2.83. The van der Waals surface area contributed by atoms with E-state index in [0.717, 1.165) is 10.7 Å². The van der Waals surface area contributed by atoms with E-state index in [1.807, 2.05) is 31.0 Å². The standard InChI is InChI=1S/C10H14N4S/c1-7(11-2)9-6-12-10(15-9)8-4-5-13-14(8)3/h4-7,11H,1-3H3. The molecule has 0 saturated heterocycles. The second-order valence-corrected chi connectivity index (χ2v) is 4.48. The van der Waals surface area contributed by atoms with Crippen LogP contribution in [0.2, 0.25) is 0 Å². The van der Waals surface area contributed by atoms with Gasteiger partial charge < -0.3 is 5.32 Å². The highest BCUT2D eigenvalue weighted by atomic mass is 32.1. The third-order valence-electron chi connectivity index (χ3n) is 2.42. The Morgan fingerprint density at radius 2 is 2.33 bits per heavy atom. The normalized spacial score (nSPS) is 13.0. The van der Waals surface area contributed by atoms with Crippen molar-refractivity contribution in [3.05, 3.63) is 23.3 Å². The number of nitrogens with one attached hydrogen (secondary N) is 1. The highest BCUT2D eigenvalue weighted by molar-refractivity contribution is 7.15. The summed E-state index contributed by atoms with van der Waals surface area (Å²) >= 11 is 1.70. The Balaban J connectivity index is 2.32. The topological polar surface area (TPSA) is 42.7 Å². The van der Waals surface area contributed by atoms with Gasteiger partial charge in [-0.2, -0.15) is 5.10 Å². The van der Waals surface area contributed by atoms with E-state index in [1.165, 1.54) is 4.88 Å². The second-order valence-electron chi connectivity index (χ2n) is 3.42. The lowest BCUT2D eigenvalue weighted by Crippen LogP contribution is -2.10. The maximum absolute atomic E-state index is 4.41. The van der Waals surface area contributed by atoms with Gasteiger partial charge in [-0.3, -0.25) is 4.68 Å². The van der Waals surface area contributed by atoms with Crippen LogP contribution in [0, 0.1) is 0 Å². The van der Waals surface area contributed by atoms with Crippen molar-refractivity contribution >= 4 is 11.3 Å². The zero-order valence-electron chi connectivity index (χ0n) is 9.06. The molecule has 1 unspecified atom stereocenters. The summed E-state index contributed by atoms with van der Waals surface area (Å²) in [6.45, 7) is 2.13. The molecule has 0 saturated carbocycles. The summed E-state index contributed by atoms with van der Waals surface area (Å²) in [6.07, 6.45) is 3.71. The number of rotatable bonds is 3. The molecule has 15 heavy (non-hydrogen) atoms. The van der Waals surface area contributed by atoms with Gasteiger partial charge in [0.05, 0.1) is 5.69 Å². The molecule has 0 aromatic carbocycles. The molecule has 0 aliphatic carbocycles. The summed E-state index contributed by atoms with van der Waals surface area (Å²) in [7, 11) is 3.88. The molecule has 1 N–H and O–H groups in total. The summed E-state index contributed by atoms with van der Waals surface area (Å²) in [4.78, 5) is 5.65. The van der Waals surface area contributed by atoms with E-state index in [1.54, 1.807) is 17.5 Å². The molecule has 0 fully saturated rings. The Morgan fingerprint density at radius 3 is 2.93 bits per heavy atom. The number of hydrogen-bond donors (Lipinski definition) is 1. The van der Waals surface area contributed by atoms with E-state index in [2.05, 4.69) is 22.3 Å². The summed E-state index contributed by atoms with van der Waals surface area (Å²) in [6, 6.07) is 2.33. The number of aromatic nitrogens is 3. The average Bonchev–Trinajstić information content (AvgIpc) is 2.84. The van der Waals surface area contributed by atoms with E-state index in [0.29, 0.717) is 6.04 Å². The van der Waals surface area contributed by atoms with Gasteiger partial charge in [-0.15, -0.1) is 11.3 Å². The van der Waals surface area contributed by atoms with Crippen molar-refractivity contribution in [1.29, 1.82) is 0 Å². The van der Waals surface area contributed by atoms with Crippen molar-refractivity contribution < 1.29 is 0 Å². The van der Waals surface area contributed by atoms with Crippen LogP contribution in [0.4, 0.5) is 0 Å². The highest BCUT2D eigenvalue weighted by Crippen LogP contribution is 2.27. The molecule has 0 aliphatic heterocycles. The Bertz CT molecular complexity index is 446. The quantitative estimate of drug-likeness (QED) is 0.861. The third kappa shape index (κ3) is 1.93. The fraction of sp³-hybridized carbons (Fsp3) is 0.400. The van der Waals surface area contributed by atoms with Crippen LogP contribution < -0.4 is 5.32 Å². The van der Waals surface area contributed by atoms with Crippen LogP contribution in [0.15, 0.2) is 18.5 Å². The Morgan fingerprint density at radius 1 is 1.53 bits per heavy atom. The molecule has 0 amide bonds. The summed E-state index contributed by atoms with van der Waals surface area (Å²) in [5.74, 6) is 0. The van der Waals surface area contributed by atoms with E-state index in [4.69, 9.17) is 0 Å². The van der Waals surface area contributed by atoms with Gasteiger partial charge >= 0.3 is 0 Å². The van der Waals surface area contributed by atoms with Crippen LogP contribution in [0.3, 0.4) is 0 Å². The molecule has 0 spiro atoms. The lowest BCUT2D eigenvalue weighted by molar-refractivity contribution is 0.662. The molecule has 1 atom stereocenters. The van der Waals surface area contributed by atoms with E-state index in [9.17, 15) is 0 Å². The third-order valence-corrected chi connectivity index (χ3v) is 3.63. The van der Waals surface area contributed by atoms with Crippen LogP contribution in [0.5, 0.6) is 0 Å². The smallest absolute Gasteiger partial charge is 0.141 e. The van der Waals surface area contributed by atoms with Gasteiger partial charge in [0.2, 0.25) is 0 Å². The van der Waals surface area contributed by atoms with E-state index < -0.39 is 0 Å². The Labute approximate surface area is 93.0 Å². The minimum absolute atomic E-state index is 0.351. The van der Waals surface area contributed by atoms with Gasteiger partial charge in [0.25, 0.3) is 0 Å². The van der Waals surface area contributed by atoms with Gasteiger partial charge in [-0.05, 0) is 20.0 Å². The van der Waals surface area contributed by atoms with Gasteiger partial charge in [-0.1, -0.05) is 0 Å². The summed E-state index contributed by atoms with van der Waals surface area (Å²) in [5, 5.41) is 8.36. The van der Waals surface area contributed by atoms with Gasteiger partial charge in [-0.25, -0.2) is 4.98 Å². The maximum Gasteiger partial charge on any atom is 0.141 e. The minimum atomic E-state index is 0.351. The van der Waals surface area contributed by atoms with Crippen LogP contribution in [0.25, 0.3) is 10.7 Å². The van der Waals surface area contributed by atoms with Crippen molar-refractivity contribution in [3.63, 3.8) is 0 Å². The van der Waals surface area contributed by atoms with Crippen molar-refractivity contribution in [2.45, 2.75) is 13.0 Å². The van der Waals surface area contributed by atoms with Crippen molar-refractivity contribution in [1.82, 2.24) is 20.1 Å². The van der Waals surface area contributed by atoms with Gasteiger partial charge in [0, 0.05) is 30.4 Å². The fourth-order valence-electron chi connectivity index (χ4n) is 1.33. The molecule has 0 radical (unpaired) electrons.